The highest BCUT2D eigenvalue weighted by Crippen LogP contribution is 2.24. The van der Waals surface area contributed by atoms with Crippen molar-refractivity contribution in [1.82, 2.24) is 19.1 Å². The zero-order valence-electron chi connectivity index (χ0n) is 13.7. The Bertz CT molecular complexity index is 962. The van der Waals surface area contributed by atoms with Crippen molar-refractivity contribution in [2.24, 2.45) is 0 Å². The van der Waals surface area contributed by atoms with Crippen molar-refractivity contribution in [3.05, 3.63) is 33.7 Å². The average Bonchev–Trinajstić information content (AvgIpc) is 3.19. The zero-order chi connectivity index (χ0) is 16.7. The quantitative estimate of drug-likeness (QED) is 0.732. The number of aryl methyl sites for hydroxylation is 1. The third-order valence-electron chi connectivity index (χ3n) is 4.67. The first-order chi connectivity index (χ1) is 11.7. The van der Waals surface area contributed by atoms with Crippen molar-refractivity contribution in [2.45, 2.75) is 39.2 Å². The zero-order valence-corrected chi connectivity index (χ0v) is 14.5. The van der Waals surface area contributed by atoms with Gasteiger partial charge in [-0.15, -0.1) is 11.3 Å². The maximum Gasteiger partial charge on any atom is 0.291 e. The summed E-state index contributed by atoms with van der Waals surface area (Å²) in [4.78, 5) is 28.2. The number of rotatable bonds is 3. The van der Waals surface area contributed by atoms with Gasteiger partial charge in [0.25, 0.3) is 5.56 Å². The van der Waals surface area contributed by atoms with Crippen molar-refractivity contribution in [3.8, 4) is 0 Å². The van der Waals surface area contributed by atoms with Crippen LogP contribution in [-0.4, -0.2) is 38.1 Å². The summed E-state index contributed by atoms with van der Waals surface area (Å²) in [5.74, 6) is 0.803. The smallest absolute Gasteiger partial charge is 0.291 e. The van der Waals surface area contributed by atoms with Crippen molar-refractivity contribution in [3.63, 3.8) is 0 Å². The van der Waals surface area contributed by atoms with Gasteiger partial charge in [0, 0.05) is 24.9 Å². The van der Waals surface area contributed by atoms with E-state index >= 15 is 0 Å². The molecule has 0 bridgehead atoms. The molecule has 4 heterocycles. The molecule has 0 saturated carbocycles. The summed E-state index contributed by atoms with van der Waals surface area (Å²) in [6.45, 7) is 3.62. The summed E-state index contributed by atoms with van der Waals surface area (Å²) in [5, 5.41) is 7.55. The van der Waals surface area contributed by atoms with Gasteiger partial charge in [0.15, 0.2) is 0 Å². The molecule has 6 nitrogen and oxygen atoms in total. The van der Waals surface area contributed by atoms with E-state index in [9.17, 15) is 9.59 Å². The van der Waals surface area contributed by atoms with Crippen LogP contribution in [0.3, 0.4) is 0 Å². The van der Waals surface area contributed by atoms with Gasteiger partial charge in [-0.25, -0.2) is 4.68 Å². The Kier molecular flexibility index (Phi) is 3.88. The fraction of sp³-hybridized carbons (Fsp3) is 0.471. The van der Waals surface area contributed by atoms with Crippen LogP contribution < -0.4 is 5.56 Å². The first-order valence-electron chi connectivity index (χ1n) is 8.45. The number of thiophene rings is 1. The van der Waals surface area contributed by atoms with Crippen LogP contribution >= 0.6 is 11.3 Å². The highest BCUT2D eigenvalue weighted by atomic mass is 32.1. The number of amides is 1. The van der Waals surface area contributed by atoms with Crippen molar-refractivity contribution >= 4 is 33.0 Å². The molecule has 1 amide bonds. The summed E-state index contributed by atoms with van der Waals surface area (Å²) >= 11 is 1.60. The number of piperidine rings is 1. The second-order valence-electron chi connectivity index (χ2n) is 6.22. The fourth-order valence-electron chi connectivity index (χ4n) is 3.41. The Morgan fingerprint density at radius 3 is 2.83 bits per heavy atom. The van der Waals surface area contributed by atoms with E-state index < -0.39 is 0 Å². The molecule has 0 radical (unpaired) electrons. The van der Waals surface area contributed by atoms with Gasteiger partial charge >= 0.3 is 0 Å². The minimum absolute atomic E-state index is 0.0101. The summed E-state index contributed by atoms with van der Waals surface area (Å²) in [6.07, 6.45) is 3.97. The SMILES string of the molecule is CCc1nn(CC(=O)N2CCCCC2)c(=O)c2cc3ccsc3n12. The van der Waals surface area contributed by atoms with Crippen LogP contribution in [0.15, 0.2) is 22.3 Å². The van der Waals surface area contributed by atoms with E-state index in [0.717, 1.165) is 42.0 Å². The standard InChI is InChI=1S/C17H20N4O2S/c1-2-14-18-20(11-15(22)19-7-4-3-5-8-19)16(23)13-10-12-6-9-24-17(12)21(13)14/h6,9-10H,2-5,7-8,11H2,1H3. The Hall–Kier alpha value is -2.15. The monoisotopic (exact) mass is 344 g/mol. The summed E-state index contributed by atoms with van der Waals surface area (Å²) in [5.41, 5.74) is 0.413. The van der Waals surface area contributed by atoms with Gasteiger partial charge in [0.1, 0.15) is 22.7 Å². The van der Waals surface area contributed by atoms with E-state index in [1.165, 1.54) is 11.1 Å². The second-order valence-corrected chi connectivity index (χ2v) is 7.11. The lowest BCUT2D eigenvalue weighted by Gasteiger charge is -2.26. The first kappa shape index (κ1) is 15.4. The van der Waals surface area contributed by atoms with Gasteiger partial charge in [0.05, 0.1) is 0 Å². The topological polar surface area (TPSA) is 59.6 Å². The van der Waals surface area contributed by atoms with E-state index in [1.54, 1.807) is 11.3 Å². The molecule has 7 heteroatoms. The average molecular weight is 344 g/mol. The van der Waals surface area contributed by atoms with E-state index in [-0.39, 0.29) is 18.0 Å². The predicted molar refractivity (Wildman–Crippen MR) is 94.6 cm³/mol. The first-order valence-corrected chi connectivity index (χ1v) is 9.33. The van der Waals surface area contributed by atoms with Gasteiger partial charge in [-0.2, -0.15) is 5.10 Å². The van der Waals surface area contributed by atoms with Gasteiger partial charge in [-0.3, -0.25) is 14.0 Å². The minimum Gasteiger partial charge on any atom is -0.341 e. The number of hydrogen-bond donors (Lipinski definition) is 0. The van der Waals surface area contributed by atoms with Crippen molar-refractivity contribution < 1.29 is 4.79 Å². The van der Waals surface area contributed by atoms with Crippen LogP contribution in [0.25, 0.3) is 15.7 Å². The number of likely N-dealkylation sites (tertiary alicyclic amines) is 1. The number of nitrogens with zero attached hydrogens (tertiary/aromatic N) is 4. The molecule has 1 aliphatic heterocycles. The van der Waals surface area contributed by atoms with E-state index in [4.69, 9.17) is 0 Å². The van der Waals surface area contributed by atoms with Crippen LogP contribution in [-0.2, 0) is 17.8 Å². The Morgan fingerprint density at radius 2 is 2.08 bits per heavy atom. The number of carbonyl (C=O) groups excluding carboxylic acids is 1. The molecule has 3 aromatic rings. The van der Waals surface area contributed by atoms with Crippen LogP contribution in [0.2, 0.25) is 0 Å². The Labute approximate surface area is 143 Å². The molecular formula is C17H20N4O2S. The predicted octanol–water partition coefficient (Wildman–Crippen LogP) is 2.29. The number of fused-ring (bicyclic) bond motifs is 3. The lowest BCUT2D eigenvalue weighted by Crippen LogP contribution is -2.40. The molecule has 1 fully saturated rings. The van der Waals surface area contributed by atoms with E-state index in [0.29, 0.717) is 11.9 Å². The molecule has 1 saturated heterocycles. The molecule has 3 aromatic heterocycles. The second kappa shape index (κ2) is 6.05. The van der Waals surface area contributed by atoms with Crippen LogP contribution in [0, 0.1) is 0 Å². The number of carbonyl (C=O) groups is 1. The lowest BCUT2D eigenvalue weighted by atomic mass is 10.1. The molecule has 24 heavy (non-hydrogen) atoms. The van der Waals surface area contributed by atoms with Gasteiger partial charge < -0.3 is 4.90 Å². The third-order valence-corrected chi connectivity index (χ3v) is 5.58. The lowest BCUT2D eigenvalue weighted by molar-refractivity contribution is -0.133. The normalized spacial score (nSPS) is 15.5. The Morgan fingerprint density at radius 1 is 1.29 bits per heavy atom. The van der Waals surface area contributed by atoms with Gasteiger partial charge in [-0.05, 0) is 36.8 Å². The molecule has 0 aliphatic carbocycles. The fourth-order valence-corrected chi connectivity index (χ4v) is 4.32. The molecule has 126 valence electrons. The molecular weight excluding hydrogens is 324 g/mol. The molecule has 4 rings (SSSR count). The third kappa shape index (κ3) is 2.43. The van der Waals surface area contributed by atoms with Crippen LogP contribution in [0.1, 0.15) is 32.0 Å². The van der Waals surface area contributed by atoms with Crippen molar-refractivity contribution in [1.29, 1.82) is 0 Å². The summed E-state index contributed by atoms with van der Waals surface area (Å²) in [6, 6.07) is 3.91. The number of aromatic nitrogens is 3. The highest BCUT2D eigenvalue weighted by Gasteiger charge is 2.20. The molecule has 0 atom stereocenters. The molecule has 0 aromatic carbocycles. The minimum atomic E-state index is -0.194. The van der Waals surface area contributed by atoms with E-state index in [1.807, 2.05) is 33.7 Å². The van der Waals surface area contributed by atoms with Crippen molar-refractivity contribution in [2.75, 3.05) is 13.1 Å². The molecule has 0 unspecified atom stereocenters. The van der Waals surface area contributed by atoms with Gasteiger partial charge in [-0.1, -0.05) is 6.92 Å². The largest absolute Gasteiger partial charge is 0.341 e. The van der Waals surface area contributed by atoms with Crippen LogP contribution in [0.5, 0.6) is 0 Å². The Balaban J connectivity index is 1.76. The maximum atomic E-state index is 12.8. The summed E-state index contributed by atoms with van der Waals surface area (Å²) < 4.78 is 3.28. The molecule has 1 aliphatic rings. The highest BCUT2D eigenvalue weighted by molar-refractivity contribution is 7.16. The number of hydrogen-bond acceptors (Lipinski definition) is 4. The summed E-state index contributed by atoms with van der Waals surface area (Å²) in [7, 11) is 0. The molecule has 0 N–H and O–H groups in total. The van der Waals surface area contributed by atoms with Crippen LogP contribution in [0.4, 0.5) is 0 Å². The maximum absolute atomic E-state index is 12.8. The van der Waals surface area contributed by atoms with Gasteiger partial charge in [0.2, 0.25) is 5.91 Å². The van der Waals surface area contributed by atoms with E-state index in [2.05, 4.69) is 5.10 Å². The molecule has 0 spiro atoms.